The Morgan fingerprint density at radius 3 is 2.67 bits per heavy atom. The van der Waals surface area contributed by atoms with Gasteiger partial charge in [0.2, 0.25) is 0 Å². The molecular formula is C19H17N3O5. The maximum atomic E-state index is 11.2. The molecule has 0 bridgehead atoms. The van der Waals surface area contributed by atoms with E-state index in [9.17, 15) is 14.9 Å². The van der Waals surface area contributed by atoms with Gasteiger partial charge in [-0.25, -0.2) is 0 Å². The molecule has 0 atom stereocenters. The maximum Gasteiger partial charge on any atom is 0.269 e. The van der Waals surface area contributed by atoms with E-state index in [1.165, 1.54) is 18.2 Å². The number of non-ortho nitro benzene ring substituents is 1. The summed E-state index contributed by atoms with van der Waals surface area (Å²) in [4.78, 5) is 21.6. The molecule has 2 rings (SSSR count). The van der Waals surface area contributed by atoms with Crippen molar-refractivity contribution < 1.29 is 19.2 Å². The number of nitrogens with zero attached hydrogens (tertiary/aromatic N) is 2. The van der Waals surface area contributed by atoms with Gasteiger partial charge in [0.1, 0.15) is 18.2 Å². The number of hydrogen-bond acceptors (Lipinski definition) is 6. The first-order valence-corrected chi connectivity index (χ1v) is 7.99. The summed E-state index contributed by atoms with van der Waals surface area (Å²) in [7, 11) is 0. The SMILES string of the molecule is CCOc1cc(/C=C(\C#N)C(N)=O)ccc1OCc1cccc([N+](=O)[O-])c1. The minimum atomic E-state index is -0.818. The summed E-state index contributed by atoms with van der Waals surface area (Å²) >= 11 is 0. The first-order chi connectivity index (χ1) is 12.9. The highest BCUT2D eigenvalue weighted by Crippen LogP contribution is 2.30. The Kier molecular flexibility index (Phi) is 6.49. The van der Waals surface area contributed by atoms with Crippen LogP contribution in [0.15, 0.2) is 48.0 Å². The Balaban J connectivity index is 2.24. The van der Waals surface area contributed by atoms with E-state index in [0.717, 1.165) is 0 Å². The molecule has 27 heavy (non-hydrogen) atoms. The molecule has 0 spiro atoms. The second kappa shape index (κ2) is 9.01. The molecule has 0 aliphatic rings. The van der Waals surface area contributed by atoms with Gasteiger partial charge in [-0.15, -0.1) is 0 Å². The van der Waals surface area contributed by atoms with Crippen LogP contribution >= 0.6 is 0 Å². The first kappa shape index (κ1) is 19.5. The highest BCUT2D eigenvalue weighted by molar-refractivity contribution is 6.00. The summed E-state index contributed by atoms with van der Waals surface area (Å²) in [6, 6.07) is 12.8. The minimum absolute atomic E-state index is 0.0166. The average molecular weight is 367 g/mol. The fourth-order valence-electron chi connectivity index (χ4n) is 2.25. The number of nitro groups is 1. The lowest BCUT2D eigenvalue weighted by molar-refractivity contribution is -0.384. The van der Waals surface area contributed by atoms with Crippen LogP contribution in [0.4, 0.5) is 5.69 Å². The van der Waals surface area contributed by atoms with E-state index < -0.39 is 10.8 Å². The summed E-state index contributed by atoms with van der Waals surface area (Å²) in [5, 5.41) is 19.8. The number of rotatable bonds is 8. The van der Waals surface area contributed by atoms with Gasteiger partial charge in [0.05, 0.1) is 11.5 Å². The standard InChI is InChI=1S/C19H17N3O5/c1-2-26-18-10-13(8-15(11-20)19(21)23)6-7-17(18)27-12-14-4-3-5-16(9-14)22(24)25/h3-10H,2,12H2,1H3,(H2,21,23)/b15-8+. The fourth-order valence-corrected chi connectivity index (χ4v) is 2.25. The number of nitriles is 1. The molecule has 0 unspecified atom stereocenters. The van der Waals surface area contributed by atoms with Gasteiger partial charge in [-0.1, -0.05) is 18.2 Å². The van der Waals surface area contributed by atoms with Crippen LogP contribution in [-0.4, -0.2) is 17.4 Å². The van der Waals surface area contributed by atoms with Crippen molar-refractivity contribution in [1.29, 1.82) is 5.26 Å². The van der Waals surface area contributed by atoms with Crippen LogP contribution < -0.4 is 15.2 Å². The molecule has 2 aromatic carbocycles. The lowest BCUT2D eigenvalue weighted by Crippen LogP contribution is -2.12. The Morgan fingerprint density at radius 2 is 2.04 bits per heavy atom. The molecule has 0 aliphatic heterocycles. The third kappa shape index (κ3) is 5.31. The van der Waals surface area contributed by atoms with Crippen LogP contribution in [0.1, 0.15) is 18.1 Å². The van der Waals surface area contributed by atoms with Crippen molar-refractivity contribution in [2.24, 2.45) is 5.73 Å². The van der Waals surface area contributed by atoms with Crippen LogP contribution in [-0.2, 0) is 11.4 Å². The molecule has 2 aromatic rings. The van der Waals surface area contributed by atoms with E-state index in [1.54, 1.807) is 43.3 Å². The monoisotopic (exact) mass is 367 g/mol. The zero-order valence-corrected chi connectivity index (χ0v) is 14.5. The van der Waals surface area contributed by atoms with Gasteiger partial charge in [-0.05, 0) is 36.3 Å². The average Bonchev–Trinajstić information content (AvgIpc) is 2.65. The van der Waals surface area contributed by atoms with Crippen molar-refractivity contribution in [2.75, 3.05) is 6.61 Å². The summed E-state index contributed by atoms with van der Waals surface area (Å²) < 4.78 is 11.3. The zero-order valence-electron chi connectivity index (χ0n) is 14.5. The second-order valence-electron chi connectivity index (χ2n) is 5.39. The van der Waals surface area contributed by atoms with Crippen LogP contribution in [0.25, 0.3) is 6.08 Å². The Morgan fingerprint density at radius 1 is 1.26 bits per heavy atom. The smallest absolute Gasteiger partial charge is 0.269 e. The molecule has 0 saturated heterocycles. The van der Waals surface area contributed by atoms with Crippen LogP contribution in [0, 0.1) is 21.4 Å². The number of carbonyl (C=O) groups excluding carboxylic acids is 1. The van der Waals surface area contributed by atoms with Gasteiger partial charge < -0.3 is 15.2 Å². The van der Waals surface area contributed by atoms with E-state index in [-0.39, 0.29) is 17.9 Å². The van der Waals surface area contributed by atoms with E-state index in [4.69, 9.17) is 20.5 Å². The number of primary amides is 1. The summed E-state index contributed by atoms with van der Waals surface area (Å²) in [6.45, 7) is 2.29. The molecule has 0 radical (unpaired) electrons. The number of nitro benzene ring substituents is 1. The maximum absolute atomic E-state index is 11.2. The highest BCUT2D eigenvalue weighted by atomic mass is 16.6. The third-order valence-corrected chi connectivity index (χ3v) is 3.48. The number of nitrogens with two attached hydrogens (primary N) is 1. The van der Waals surface area contributed by atoms with Crippen molar-refractivity contribution in [2.45, 2.75) is 13.5 Å². The molecule has 0 fully saturated rings. The topological polar surface area (TPSA) is 128 Å². The summed E-state index contributed by atoms with van der Waals surface area (Å²) in [6.07, 6.45) is 1.36. The van der Waals surface area contributed by atoms with Gasteiger partial charge in [-0.2, -0.15) is 5.26 Å². The number of ether oxygens (including phenoxy) is 2. The predicted octanol–water partition coefficient (Wildman–Crippen LogP) is 2.96. The van der Waals surface area contributed by atoms with E-state index in [0.29, 0.717) is 29.2 Å². The number of hydrogen-bond donors (Lipinski definition) is 1. The quantitative estimate of drug-likeness (QED) is 0.330. The molecule has 8 heteroatoms. The van der Waals surface area contributed by atoms with Crippen molar-refractivity contribution in [1.82, 2.24) is 0 Å². The molecule has 0 saturated carbocycles. The van der Waals surface area contributed by atoms with Gasteiger partial charge >= 0.3 is 0 Å². The van der Waals surface area contributed by atoms with Crippen molar-refractivity contribution in [3.8, 4) is 17.6 Å². The van der Waals surface area contributed by atoms with Crippen molar-refractivity contribution >= 4 is 17.7 Å². The lowest BCUT2D eigenvalue weighted by atomic mass is 10.1. The predicted molar refractivity (Wildman–Crippen MR) is 97.8 cm³/mol. The van der Waals surface area contributed by atoms with Gasteiger partial charge in [-0.3, -0.25) is 14.9 Å². The van der Waals surface area contributed by atoms with Gasteiger partial charge in [0, 0.05) is 12.1 Å². The summed E-state index contributed by atoms with van der Waals surface area (Å²) in [5.41, 5.74) is 6.13. The van der Waals surface area contributed by atoms with Crippen LogP contribution in [0.5, 0.6) is 11.5 Å². The number of benzene rings is 2. The molecule has 138 valence electrons. The zero-order chi connectivity index (χ0) is 19.8. The second-order valence-corrected chi connectivity index (χ2v) is 5.39. The largest absolute Gasteiger partial charge is 0.490 e. The molecule has 2 N–H and O–H groups in total. The highest BCUT2D eigenvalue weighted by Gasteiger charge is 2.10. The molecule has 0 aliphatic carbocycles. The Hall–Kier alpha value is -3.86. The van der Waals surface area contributed by atoms with Crippen LogP contribution in [0.3, 0.4) is 0 Å². The Labute approximate surface area is 155 Å². The summed E-state index contributed by atoms with van der Waals surface area (Å²) in [5.74, 6) is 0.0259. The van der Waals surface area contributed by atoms with Crippen LogP contribution in [0.2, 0.25) is 0 Å². The Bertz CT molecular complexity index is 931. The normalized spacial score (nSPS) is 10.7. The lowest BCUT2D eigenvalue weighted by Gasteiger charge is -2.13. The first-order valence-electron chi connectivity index (χ1n) is 7.99. The minimum Gasteiger partial charge on any atom is -0.490 e. The molecule has 0 heterocycles. The van der Waals surface area contributed by atoms with Crippen molar-refractivity contribution in [3.05, 3.63) is 69.3 Å². The molecule has 1 amide bonds. The molecule has 0 aromatic heterocycles. The van der Waals surface area contributed by atoms with Gasteiger partial charge in [0.15, 0.2) is 11.5 Å². The molecular weight excluding hydrogens is 350 g/mol. The van der Waals surface area contributed by atoms with E-state index >= 15 is 0 Å². The fraction of sp³-hybridized carbons (Fsp3) is 0.158. The third-order valence-electron chi connectivity index (χ3n) is 3.48. The number of amides is 1. The van der Waals surface area contributed by atoms with E-state index in [2.05, 4.69) is 0 Å². The van der Waals surface area contributed by atoms with E-state index in [1.807, 2.05) is 0 Å². The van der Waals surface area contributed by atoms with Gasteiger partial charge in [0.25, 0.3) is 11.6 Å². The van der Waals surface area contributed by atoms with Crippen molar-refractivity contribution in [3.63, 3.8) is 0 Å². The number of carbonyl (C=O) groups is 1. The molecule has 8 nitrogen and oxygen atoms in total.